The van der Waals surface area contributed by atoms with Crippen molar-refractivity contribution in [2.45, 2.75) is 59.3 Å². The number of nitrogens with zero attached hydrogens (tertiary/aromatic N) is 1. The van der Waals surface area contributed by atoms with Gasteiger partial charge >= 0.3 is 0 Å². The molecule has 2 rings (SSSR count). The van der Waals surface area contributed by atoms with Crippen LogP contribution in [-0.2, 0) is 15.6 Å². The van der Waals surface area contributed by atoms with Gasteiger partial charge in [-0.25, -0.2) is 4.98 Å². The Balaban J connectivity index is 2.40. The topological polar surface area (TPSA) is 67.4 Å². The van der Waals surface area contributed by atoms with E-state index in [1.165, 1.54) is 0 Å². The molecule has 0 amide bonds. The lowest BCUT2D eigenvalue weighted by Crippen LogP contribution is -2.21. The van der Waals surface area contributed by atoms with Crippen molar-refractivity contribution in [1.82, 2.24) is 9.97 Å². The average molecular weight is 360 g/mol. The maximum Gasteiger partial charge on any atom is 0.141 e. The van der Waals surface area contributed by atoms with Crippen molar-refractivity contribution in [3.8, 4) is 22.9 Å². The minimum Gasteiger partial charge on any atom is -0.507 e. The highest BCUT2D eigenvalue weighted by Crippen LogP contribution is 2.37. The van der Waals surface area contributed by atoms with Gasteiger partial charge in [0.1, 0.15) is 23.9 Å². The van der Waals surface area contributed by atoms with Crippen LogP contribution in [0.3, 0.4) is 0 Å². The number of imidazole rings is 1. The molecule has 0 bridgehead atoms. The average Bonchev–Trinajstić information content (AvgIpc) is 2.98. The highest BCUT2D eigenvalue weighted by molar-refractivity contribution is 5.67. The van der Waals surface area contributed by atoms with Crippen molar-refractivity contribution < 1.29 is 14.6 Å². The van der Waals surface area contributed by atoms with E-state index in [0.29, 0.717) is 37.0 Å². The monoisotopic (exact) mass is 360 g/mol. The van der Waals surface area contributed by atoms with Crippen molar-refractivity contribution in [1.29, 1.82) is 0 Å². The Hall–Kier alpha value is -2.01. The first-order chi connectivity index (χ1) is 12.0. The second kappa shape index (κ2) is 7.70. The van der Waals surface area contributed by atoms with E-state index in [1.807, 2.05) is 13.0 Å². The van der Waals surface area contributed by atoms with Crippen LogP contribution in [0.2, 0.25) is 0 Å². The van der Waals surface area contributed by atoms with Crippen LogP contribution in [0.5, 0.6) is 11.5 Å². The van der Waals surface area contributed by atoms with Crippen molar-refractivity contribution >= 4 is 0 Å². The van der Waals surface area contributed by atoms with E-state index in [1.54, 1.807) is 12.1 Å². The fourth-order valence-corrected chi connectivity index (χ4v) is 2.74. The molecule has 0 saturated carbocycles. The fraction of sp³-hybridized carbons (Fsp3) is 0.571. The second-order valence-electron chi connectivity index (χ2n) is 8.53. The first kappa shape index (κ1) is 20.3. The van der Waals surface area contributed by atoms with Gasteiger partial charge < -0.3 is 19.6 Å². The number of aromatic nitrogens is 2. The van der Waals surface area contributed by atoms with E-state index >= 15 is 0 Å². The predicted molar refractivity (Wildman–Crippen MR) is 105 cm³/mol. The summed E-state index contributed by atoms with van der Waals surface area (Å²) < 4.78 is 11.0. The molecule has 0 saturated heterocycles. The summed E-state index contributed by atoms with van der Waals surface area (Å²) in [6.45, 7) is 16.6. The predicted octanol–water partition coefficient (Wildman–Crippen LogP) is 4.79. The van der Waals surface area contributed by atoms with Crippen molar-refractivity contribution in [2.75, 3.05) is 19.8 Å². The number of nitrogens with one attached hydrogen (secondary N) is 1. The number of hydrogen-bond donors (Lipinski definition) is 2. The summed E-state index contributed by atoms with van der Waals surface area (Å²) in [4.78, 5) is 8.27. The molecule has 1 heterocycles. The molecule has 0 fully saturated rings. The van der Waals surface area contributed by atoms with Gasteiger partial charge in [-0.2, -0.15) is 0 Å². The fourth-order valence-electron chi connectivity index (χ4n) is 2.74. The maximum atomic E-state index is 10.4. The van der Waals surface area contributed by atoms with E-state index < -0.39 is 0 Å². The molecule has 26 heavy (non-hydrogen) atoms. The summed E-state index contributed by atoms with van der Waals surface area (Å²) >= 11 is 0. The SMILES string of the molecule is CCOCCOc1ccc(O)c(-c2nc(C(C)(C)C)c(C(C)(C)C)[nH]2)c1. The molecule has 144 valence electrons. The molecule has 1 aromatic carbocycles. The molecule has 5 heteroatoms. The molecule has 5 nitrogen and oxygen atoms in total. The van der Waals surface area contributed by atoms with Gasteiger partial charge in [0.15, 0.2) is 0 Å². The van der Waals surface area contributed by atoms with Crippen LogP contribution in [0.1, 0.15) is 59.9 Å². The van der Waals surface area contributed by atoms with Crippen LogP contribution in [0.4, 0.5) is 0 Å². The Bertz CT molecular complexity index is 705. The third-order valence-electron chi connectivity index (χ3n) is 4.09. The molecule has 0 aliphatic rings. The molecule has 1 aromatic heterocycles. The number of phenolic OH excluding ortho intramolecular Hbond substituents is 1. The van der Waals surface area contributed by atoms with Crippen LogP contribution >= 0.6 is 0 Å². The van der Waals surface area contributed by atoms with Gasteiger partial charge in [-0.3, -0.25) is 0 Å². The quantitative estimate of drug-likeness (QED) is 0.727. The van der Waals surface area contributed by atoms with Crippen LogP contribution in [0, 0.1) is 0 Å². The van der Waals surface area contributed by atoms with E-state index in [-0.39, 0.29) is 16.6 Å². The second-order valence-corrected chi connectivity index (χ2v) is 8.53. The summed E-state index contributed by atoms with van der Waals surface area (Å²) in [6, 6.07) is 5.21. The standard InChI is InChI=1S/C21H32N2O3/c1-8-25-11-12-26-14-9-10-16(24)15(13-14)19-22-17(20(2,3)4)18(23-19)21(5,6)7/h9-10,13,24H,8,11-12H2,1-7H3,(H,22,23). The Morgan fingerprint density at radius 3 is 2.27 bits per heavy atom. The third kappa shape index (κ3) is 4.79. The van der Waals surface area contributed by atoms with Gasteiger partial charge in [-0.05, 0) is 25.1 Å². The molecule has 0 radical (unpaired) electrons. The van der Waals surface area contributed by atoms with E-state index in [4.69, 9.17) is 14.5 Å². The van der Waals surface area contributed by atoms with Gasteiger partial charge in [-0.15, -0.1) is 0 Å². The molecular weight excluding hydrogens is 328 g/mol. The molecule has 2 aromatic rings. The zero-order chi connectivity index (χ0) is 19.5. The van der Waals surface area contributed by atoms with Gasteiger partial charge in [0, 0.05) is 23.1 Å². The number of phenols is 1. The molecular formula is C21H32N2O3. The van der Waals surface area contributed by atoms with E-state index in [2.05, 4.69) is 46.5 Å². The molecule has 0 aliphatic carbocycles. The third-order valence-corrected chi connectivity index (χ3v) is 4.09. The Morgan fingerprint density at radius 1 is 1.04 bits per heavy atom. The van der Waals surface area contributed by atoms with Crippen LogP contribution < -0.4 is 4.74 Å². The van der Waals surface area contributed by atoms with Crippen molar-refractivity contribution in [3.05, 3.63) is 29.6 Å². The smallest absolute Gasteiger partial charge is 0.141 e. The lowest BCUT2D eigenvalue weighted by Gasteiger charge is -2.24. The van der Waals surface area contributed by atoms with Crippen molar-refractivity contribution in [2.24, 2.45) is 0 Å². The number of ether oxygens (including phenoxy) is 2. The van der Waals surface area contributed by atoms with Gasteiger partial charge in [-0.1, -0.05) is 41.5 Å². The molecule has 0 spiro atoms. The Morgan fingerprint density at radius 2 is 1.73 bits per heavy atom. The summed E-state index contributed by atoms with van der Waals surface area (Å²) in [7, 11) is 0. The number of H-pyrrole nitrogens is 1. The molecule has 0 atom stereocenters. The Labute approximate surface area is 156 Å². The first-order valence-electron chi connectivity index (χ1n) is 9.19. The number of aromatic hydroxyl groups is 1. The summed E-state index contributed by atoms with van der Waals surface area (Å²) in [5.74, 6) is 1.52. The number of benzene rings is 1. The lowest BCUT2D eigenvalue weighted by atomic mass is 9.82. The lowest BCUT2D eigenvalue weighted by molar-refractivity contribution is 0.110. The summed E-state index contributed by atoms with van der Waals surface area (Å²) in [6.07, 6.45) is 0. The summed E-state index contributed by atoms with van der Waals surface area (Å²) in [5, 5.41) is 10.4. The zero-order valence-electron chi connectivity index (χ0n) is 17.1. The Kier molecular flexibility index (Phi) is 6.02. The van der Waals surface area contributed by atoms with Gasteiger partial charge in [0.05, 0.1) is 17.9 Å². The number of hydrogen-bond acceptors (Lipinski definition) is 4. The number of aromatic amines is 1. The number of rotatable bonds is 6. The summed E-state index contributed by atoms with van der Waals surface area (Å²) in [5.41, 5.74) is 2.57. The molecule has 2 N–H and O–H groups in total. The normalized spacial score (nSPS) is 12.4. The van der Waals surface area contributed by atoms with Crippen molar-refractivity contribution in [3.63, 3.8) is 0 Å². The highest BCUT2D eigenvalue weighted by Gasteiger charge is 2.30. The van der Waals surface area contributed by atoms with Crippen LogP contribution in [0.25, 0.3) is 11.4 Å². The first-order valence-corrected chi connectivity index (χ1v) is 9.19. The molecule has 0 aliphatic heterocycles. The highest BCUT2D eigenvalue weighted by atomic mass is 16.5. The van der Waals surface area contributed by atoms with E-state index in [0.717, 1.165) is 11.4 Å². The largest absolute Gasteiger partial charge is 0.507 e. The van der Waals surface area contributed by atoms with Crippen LogP contribution in [-0.4, -0.2) is 34.9 Å². The molecule has 0 unspecified atom stereocenters. The van der Waals surface area contributed by atoms with Gasteiger partial charge in [0.2, 0.25) is 0 Å². The zero-order valence-corrected chi connectivity index (χ0v) is 17.1. The van der Waals surface area contributed by atoms with Gasteiger partial charge in [0.25, 0.3) is 0 Å². The minimum atomic E-state index is -0.0986. The van der Waals surface area contributed by atoms with E-state index in [9.17, 15) is 5.11 Å². The minimum absolute atomic E-state index is 0.0743. The van der Waals surface area contributed by atoms with Crippen LogP contribution in [0.15, 0.2) is 18.2 Å². The maximum absolute atomic E-state index is 10.4.